The molecular formula is C31H34N4O. The van der Waals surface area contributed by atoms with Crippen LogP contribution in [0.3, 0.4) is 0 Å². The van der Waals surface area contributed by atoms with Crippen LogP contribution < -0.4 is 10.2 Å². The first-order chi connectivity index (χ1) is 17.7. The van der Waals surface area contributed by atoms with Gasteiger partial charge >= 0.3 is 0 Å². The highest BCUT2D eigenvalue weighted by molar-refractivity contribution is 5.80. The smallest absolute Gasteiger partial charge is 0.223 e. The summed E-state index contributed by atoms with van der Waals surface area (Å²) < 4.78 is 2.34. The Hall–Kier alpha value is -3.60. The number of aryl methyl sites for hydroxylation is 2. The van der Waals surface area contributed by atoms with Crippen molar-refractivity contribution < 1.29 is 4.79 Å². The molecule has 0 saturated carbocycles. The third kappa shape index (κ3) is 4.39. The van der Waals surface area contributed by atoms with E-state index in [-0.39, 0.29) is 17.9 Å². The highest BCUT2D eigenvalue weighted by Crippen LogP contribution is 2.32. The number of nitrogens with zero attached hydrogens (tertiary/aromatic N) is 3. The van der Waals surface area contributed by atoms with E-state index in [1.165, 1.54) is 22.3 Å². The largest absolute Gasteiger partial charge is 0.349 e. The molecule has 2 heterocycles. The van der Waals surface area contributed by atoms with Gasteiger partial charge in [-0.15, -0.1) is 0 Å². The van der Waals surface area contributed by atoms with Crippen LogP contribution in [0, 0.1) is 12.8 Å². The maximum absolute atomic E-state index is 13.3. The zero-order valence-corrected chi connectivity index (χ0v) is 21.0. The maximum atomic E-state index is 13.3. The molecule has 3 aromatic carbocycles. The first-order valence-corrected chi connectivity index (χ1v) is 13.3. The Kier molecular flexibility index (Phi) is 6.22. The molecule has 0 radical (unpaired) electrons. The van der Waals surface area contributed by atoms with Crippen molar-refractivity contribution in [3.05, 3.63) is 95.1 Å². The summed E-state index contributed by atoms with van der Waals surface area (Å²) in [6, 6.07) is 25.7. The van der Waals surface area contributed by atoms with Crippen LogP contribution in [-0.4, -0.2) is 28.5 Å². The summed E-state index contributed by atoms with van der Waals surface area (Å²) in [5.74, 6) is 1.29. The fourth-order valence-electron chi connectivity index (χ4n) is 5.95. The van der Waals surface area contributed by atoms with E-state index in [0.29, 0.717) is 0 Å². The van der Waals surface area contributed by atoms with Gasteiger partial charge in [-0.3, -0.25) is 4.79 Å². The van der Waals surface area contributed by atoms with Gasteiger partial charge in [-0.1, -0.05) is 60.7 Å². The predicted octanol–water partition coefficient (Wildman–Crippen LogP) is 5.80. The number of nitrogens with one attached hydrogen (secondary N) is 1. The molecule has 1 saturated heterocycles. The Morgan fingerprint density at radius 2 is 1.69 bits per heavy atom. The number of imidazole rings is 1. The Morgan fingerprint density at radius 3 is 2.56 bits per heavy atom. The van der Waals surface area contributed by atoms with Gasteiger partial charge < -0.3 is 14.8 Å². The van der Waals surface area contributed by atoms with E-state index < -0.39 is 0 Å². The van der Waals surface area contributed by atoms with Crippen LogP contribution in [-0.2, 0) is 17.8 Å². The molecule has 1 aliphatic carbocycles. The van der Waals surface area contributed by atoms with Gasteiger partial charge in [-0.05, 0) is 73.4 Å². The van der Waals surface area contributed by atoms with E-state index >= 15 is 0 Å². The van der Waals surface area contributed by atoms with Crippen molar-refractivity contribution in [1.29, 1.82) is 0 Å². The number of benzene rings is 3. The van der Waals surface area contributed by atoms with E-state index in [9.17, 15) is 4.79 Å². The molecule has 5 heteroatoms. The second-order valence-corrected chi connectivity index (χ2v) is 10.3. The van der Waals surface area contributed by atoms with E-state index in [1.807, 2.05) is 0 Å². The van der Waals surface area contributed by atoms with Crippen molar-refractivity contribution in [3.63, 3.8) is 0 Å². The highest BCUT2D eigenvalue weighted by atomic mass is 16.2. The van der Waals surface area contributed by atoms with Crippen LogP contribution in [0.2, 0.25) is 0 Å². The third-order valence-electron chi connectivity index (χ3n) is 8.06. The van der Waals surface area contributed by atoms with Gasteiger partial charge in [0.15, 0.2) is 0 Å². The minimum absolute atomic E-state index is 0.0598. The van der Waals surface area contributed by atoms with Crippen molar-refractivity contribution in [2.75, 3.05) is 18.0 Å². The van der Waals surface area contributed by atoms with Crippen LogP contribution in [0.25, 0.3) is 11.0 Å². The lowest BCUT2D eigenvalue weighted by Gasteiger charge is -2.34. The molecule has 0 unspecified atom stereocenters. The average molecular weight is 479 g/mol. The van der Waals surface area contributed by atoms with Gasteiger partial charge in [0, 0.05) is 19.0 Å². The number of hydrogen-bond acceptors (Lipinski definition) is 3. The normalized spacial score (nSPS) is 18.2. The average Bonchev–Trinajstić information content (AvgIpc) is 3.28. The van der Waals surface area contributed by atoms with Crippen LogP contribution in [0.1, 0.15) is 54.0 Å². The number of amides is 1. The van der Waals surface area contributed by atoms with Gasteiger partial charge in [0.1, 0.15) is 0 Å². The summed E-state index contributed by atoms with van der Waals surface area (Å²) in [6.45, 7) is 4.65. The van der Waals surface area contributed by atoms with Crippen LogP contribution in [0.4, 0.5) is 5.95 Å². The van der Waals surface area contributed by atoms with Crippen molar-refractivity contribution >= 4 is 22.9 Å². The Balaban J connectivity index is 1.17. The monoisotopic (exact) mass is 478 g/mol. The van der Waals surface area contributed by atoms with E-state index in [2.05, 4.69) is 94.5 Å². The van der Waals surface area contributed by atoms with Gasteiger partial charge in [-0.2, -0.15) is 0 Å². The third-order valence-corrected chi connectivity index (χ3v) is 8.06. The Labute approximate surface area is 213 Å². The minimum Gasteiger partial charge on any atom is -0.349 e. The zero-order chi connectivity index (χ0) is 24.5. The van der Waals surface area contributed by atoms with Gasteiger partial charge in [-0.25, -0.2) is 4.98 Å². The summed E-state index contributed by atoms with van der Waals surface area (Å²) in [5, 5.41) is 3.39. The lowest BCUT2D eigenvalue weighted by atomic mass is 9.87. The quantitative estimate of drug-likeness (QED) is 0.394. The lowest BCUT2D eigenvalue weighted by molar-refractivity contribution is -0.126. The molecule has 5 nitrogen and oxygen atoms in total. The van der Waals surface area contributed by atoms with Crippen LogP contribution in [0.5, 0.6) is 0 Å². The van der Waals surface area contributed by atoms with Crippen molar-refractivity contribution in [2.45, 2.75) is 51.6 Å². The molecule has 6 rings (SSSR count). The molecule has 2 aliphatic rings. The van der Waals surface area contributed by atoms with E-state index in [1.54, 1.807) is 0 Å². The highest BCUT2D eigenvalue weighted by Gasteiger charge is 2.30. The Morgan fingerprint density at radius 1 is 0.944 bits per heavy atom. The lowest BCUT2D eigenvalue weighted by Crippen LogP contribution is -2.42. The number of aromatic nitrogens is 2. The molecule has 1 aromatic heterocycles. The molecular weight excluding hydrogens is 444 g/mol. The standard InChI is InChI=1S/C31H34N4O/c1-22-9-2-3-11-25(22)21-35-29-16-7-6-14-28(29)33-31(35)34-19-17-24(18-20-34)30(36)32-27-15-8-12-23-10-4-5-13-26(23)27/h2-7,9-11,13-14,16,24,27H,8,12,15,17-21H2,1H3,(H,32,36)/t27-/m0/s1. The molecule has 4 aromatic rings. The molecule has 184 valence electrons. The SMILES string of the molecule is Cc1ccccc1Cn1c(N2CCC(C(=O)N[C@H]3CCCc4ccccc43)CC2)nc2ccccc21. The number of piperidine rings is 1. The number of rotatable bonds is 5. The van der Waals surface area contributed by atoms with Crippen molar-refractivity contribution in [3.8, 4) is 0 Å². The van der Waals surface area contributed by atoms with E-state index in [4.69, 9.17) is 4.98 Å². The molecule has 0 bridgehead atoms. The molecule has 1 N–H and O–H groups in total. The number of carbonyl (C=O) groups excluding carboxylic acids is 1. The number of para-hydroxylation sites is 2. The molecule has 0 spiro atoms. The predicted molar refractivity (Wildman–Crippen MR) is 145 cm³/mol. The molecule has 1 aliphatic heterocycles. The van der Waals surface area contributed by atoms with Gasteiger partial charge in [0.2, 0.25) is 11.9 Å². The van der Waals surface area contributed by atoms with Crippen LogP contribution in [0.15, 0.2) is 72.8 Å². The minimum atomic E-state index is 0.0598. The van der Waals surface area contributed by atoms with Crippen molar-refractivity contribution in [1.82, 2.24) is 14.9 Å². The summed E-state index contributed by atoms with van der Waals surface area (Å²) >= 11 is 0. The number of hydrogen-bond donors (Lipinski definition) is 1. The molecule has 1 atom stereocenters. The molecule has 1 amide bonds. The second-order valence-electron chi connectivity index (χ2n) is 10.3. The zero-order valence-electron chi connectivity index (χ0n) is 21.0. The van der Waals surface area contributed by atoms with Gasteiger partial charge in [0.25, 0.3) is 0 Å². The topological polar surface area (TPSA) is 50.2 Å². The number of anilines is 1. The first-order valence-electron chi connectivity index (χ1n) is 13.3. The Bertz CT molecular complexity index is 1380. The summed E-state index contributed by atoms with van der Waals surface area (Å²) in [6.07, 6.45) is 4.99. The maximum Gasteiger partial charge on any atom is 0.223 e. The fraction of sp³-hybridized carbons (Fsp3) is 0.355. The number of carbonyl (C=O) groups is 1. The fourth-order valence-corrected chi connectivity index (χ4v) is 5.95. The van der Waals surface area contributed by atoms with Gasteiger partial charge in [0.05, 0.1) is 23.6 Å². The van der Waals surface area contributed by atoms with E-state index in [0.717, 1.165) is 68.7 Å². The first kappa shape index (κ1) is 22.8. The second kappa shape index (κ2) is 9.81. The van der Waals surface area contributed by atoms with Crippen molar-refractivity contribution in [2.24, 2.45) is 5.92 Å². The summed E-state index contributed by atoms with van der Waals surface area (Å²) in [4.78, 5) is 20.7. The van der Waals surface area contributed by atoms with Crippen LogP contribution >= 0.6 is 0 Å². The number of fused-ring (bicyclic) bond motifs is 2. The summed E-state index contributed by atoms with van der Waals surface area (Å²) in [7, 11) is 0. The molecule has 1 fully saturated rings. The molecule has 36 heavy (non-hydrogen) atoms. The summed E-state index contributed by atoms with van der Waals surface area (Å²) in [5.41, 5.74) is 7.48.